The van der Waals surface area contributed by atoms with Crippen LogP contribution < -0.4 is 0 Å². The van der Waals surface area contributed by atoms with Gasteiger partial charge in [-0.3, -0.25) is 9.59 Å². The van der Waals surface area contributed by atoms with Crippen molar-refractivity contribution in [3.05, 3.63) is 58.4 Å². The van der Waals surface area contributed by atoms with Gasteiger partial charge in [-0.15, -0.1) is 0 Å². The van der Waals surface area contributed by atoms with Gasteiger partial charge in [0, 0.05) is 30.4 Å². The Hall–Kier alpha value is -2.89. The Bertz CT molecular complexity index is 837. The van der Waals surface area contributed by atoms with Crippen LogP contribution in [0.3, 0.4) is 0 Å². The van der Waals surface area contributed by atoms with E-state index in [-0.39, 0.29) is 18.2 Å². The lowest BCUT2D eigenvalue weighted by Gasteiger charge is -2.20. The monoisotopic (exact) mass is 356 g/mol. The molecular formula is C20H24N2O4. The topological polar surface area (TPSA) is 68.6 Å². The summed E-state index contributed by atoms with van der Waals surface area (Å²) in [5.74, 6) is -0.877. The van der Waals surface area contributed by atoms with Gasteiger partial charge >= 0.3 is 5.97 Å². The van der Waals surface area contributed by atoms with E-state index in [1.165, 1.54) is 12.0 Å². The summed E-state index contributed by atoms with van der Waals surface area (Å²) in [5.41, 5.74) is 2.61. The van der Waals surface area contributed by atoms with Crippen molar-refractivity contribution in [1.82, 2.24) is 9.47 Å². The number of esters is 1. The van der Waals surface area contributed by atoms with Crippen molar-refractivity contribution >= 4 is 17.7 Å². The van der Waals surface area contributed by atoms with E-state index in [0.29, 0.717) is 34.6 Å². The van der Waals surface area contributed by atoms with Crippen molar-refractivity contribution in [2.24, 2.45) is 7.05 Å². The summed E-state index contributed by atoms with van der Waals surface area (Å²) in [6, 6.07) is 8.87. The van der Waals surface area contributed by atoms with Crippen LogP contribution in [-0.4, -0.2) is 47.3 Å². The Morgan fingerprint density at radius 2 is 1.73 bits per heavy atom. The molecule has 0 aliphatic heterocycles. The Morgan fingerprint density at radius 1 is 1.12 bits per heavy atom. The van der Waals surface area contributed by atoms with Crippen LogP contribution in [0.2, 0.25) is 0 Å². The summed E-state index contributed by atoms with van der Waals surface area (Å²) >= 11 is 0. The minimum Gasteiger partial charge on any atom is -0.464 e. The number of Topliss-reactive ketones (excluding diaryl/α,β-unsaturated/α-hetero) is 1. The van der Waals surface area contributed by atoms with Crippen molar-refractivity contribution in [3.8, 4) is 0 Å². The first-order valence-corrected chi connectivity index (χ1v) is 8.45. The lowest BCUT2D eigenvalue weighted by Crippen LogP contribution is -2.35. The number of carbonyl (C=O) groups is 3. The lowest BCUT2D eigenvalue weighted by molar-refractivity contribution is 0.0588. The number of hydrogen-bond donors (Lipinski definition) is 0. The molecule has 138 valence electrons. The van der Waals surface area contributed by atoms with Gasteiger partial charge in [0.05, 0.1) is 13.7 Å². The predicted molar refractivity (Wildman–Crippen MR) is 98.6 cm³/mol. The SMILES string of the molecule is CCN(CC(=O)c1c(C)c(C(=O)OC)n(C)c1C)C(=O)c1ccccc1. The number of ether oxygens (including phenoxy) is 1. The van der Waals surface area contributed by atoms with Crippen molar-refractivity contribution in [1.29, 1.82) is 0 Å². The van der Waals surface area contributed by atoms with Crippen LogP contribution in [0.1, 0.15) is 49.4 Å². The number of rotatable bonds is 6. The summed E-state index contributed by atoms with van der Waals surface area (Å²) in [4.78, 5) is 39.0. The zero-order chi connectivity index (χ0) is 19.4. The number of nitrogens with zero attached hydrogens (tertiary/aromatic N) is 2. The van der Waals surface area contributed by atoms with E-state index in [0.717, 1.165) is 0 Å². The summed E-state index contributed by atoms with van der Waals surface area (Å²) in [7, 11) is 3.03. The smallest absolute Gasteiger partial charge is 0.354 e. The second-order valence-corrected chi connectivity index (χ2v) is 6.09. The largest absolute Gasteiger partial charge is 0.464 e. The molecule has 1 aromatic heterocycles. The minimum absolute atomic E-state index is 0.0451. The molecule has 26 heavy (non-hydrogen) atoms. The molecule has 0 aliphatic carbocycles. The third-order valence-corrected chi connectivity index (χ3v) is 4.61. The van der Waals surface area contributed by atoms with Crippen LogP contribution in [0.4, 0.5) is 0 Å². The van der Waals surface area contributed by atoms with E-state index in [1.807, 2.05) is 13.0 Å². The fraction of sp³-hybridized carbons (Fsp3) is 0.350. The molecule has 0 spiro atoms. The van der Waals surface area contributed by atoms with Gasteiger partial charge in [0.1, 0.15) is 5.69 Å². The standard InChI is InChI=1S/C20H24N2O4/c1-6-22(19(24)15-10-8-7-9-11-15)12-16(23)17-13(2)18(20(25)26-5)21(4)14(17)3/h7-11H,6,12H2,1-5H3. The molecule has 6 nitrogen and oxygen atoms in total. The molecule has 2 rings (SSSR count). The molecule has 1 aromatic carbocycles. The quantitative estimate of drug-likeness (QED) is 0.589. The van der Waals surface area contributed by atoms with E-state index in [1.54, 1.807) is 49.7 Å². The molecule has 0 saturated carbocycles. The highest BCUT2D eigenvalue weighted by molar-refractivity contribution is 6.06. The average molecular weight is 356 g/mol. The van der Waals surface area contributed by atoms with Gasteiger partial charge in [-0.05, 0) is 38.5 Å². The van der Waals surface area contributed by atoms with Gasteiger partial charge in [-0.1, -0.05) is 18.2 Å². The van der Waals surface area contributed by atoms with Gasteiger partial charge in [0.15, 0.2) is 5.78 Å². The number of aromatic nitrogens is 1. The van der Waals surface area contributed by atoms with Crippen molar-refractivity contribution < 1.29 is 19.1 Å². The van der Waals surface area contributed by atoms with E-state index >= 15 is 0 Å². The van der Waals surface area contributed by atoms with Gasteiger partial charge in [-0.25, -0.2) is 4.79 Å². The number of amides is 1. The van der Waals surface area contributed by atoms with E-state index in [2.05, 4.69) is 0 Å². The van der Waals surface area contributed by atoms with E-state index in [9.17, 15) is 14.4 Å². The third-order valence-electron chi connectivity index (χ3n) is 4.61. The fourth-order valence-corrected chi connectivity index (χ4v) is 3.12. The molecule has 0 fully saturated rings. The van der Waals surface area contributed by atoms with E-state index < -0.39 is 5.97 Å². The Kier molecular flexibility index (Phi) is 5.97. The molecule has 0 atom stereocenters. The highest BCUT2D eigenvalue weighted by atomic mass is 16.5. The minimum atomic E-state index is -0.486. The van der Waals surface area contributed by atoms with E-state index in [4.69, 9.17) is 4.74 Å². The molecule has 0 N–H and O–H groups in total. The summed E-state index contributed by atoms with van der Waals surface area (Å²) in [6.07, 6.45) is 0. The van der Waals surface area contributed by atoms with Crippen LogP contribution in [0.5, 0.6) is 0 Å². The van der Waals surface area contributed by atoms with Crippen LogP contribution in [0.25, 0.3) is 0 Å². The normalized spacial score (nSPS) is 10.5. The first-order chi connectivity index (χ1) is 12.3. The van der Waals surface area contributed by atoms with Crippen molar-refractivity contribution in [3.63, 3.8) is 0 Å². The second-order valence-electron chi connectivity index (χ2n) is 6.09. The fourth-order valence-electron chi connectivity index (χ4n) is 3.12. The number of hydrogen-bond acceptors (Lipinski definition) is 4. The molecule has 2 aromatic rings. The van der Waals surface area contributed by atoms with Gasteiger partial charge in [0.25, 0.3) is 5.91 Å². The number of benzene rings is 1. The van der Waals surface area contributed by atoms with Gasteiger partial charge in [0.2, 0.25) is 0 Å². The first kappa shape index (κ1) is 19.4. The average Bonchev–Trinajstić information content (AvgIpc) is 2.88. The maximum atomic E-state index is 12.9. The van der Waals surface area contributed by atoms with Crippen molar-refractivity contribution in [2.45, 2.75) is 20.8 Å². The maximum Gasteiger partial charge on any atom is 0.354 e. The maximum absolute atomic E-state index is 12.9. The van der Waals surface area contributed by atoms with Crippen LogP contribution in [0.15, 0.2) is 30.3 Å². The summed E-state index contributed by atoms with van der Waals surface area (Å²) in [6.45, 7) is 5.70. The van der Waals surface area contributed by atoms with Crippen LogP contribution in [0, 0.1) is 13.8 Å². The summed E-state index contributed by atoms with van der Waals surface area (Å²) in [5, 5.41) is 0. The lowest BCUT2D eigenvalue weighted by atomic mass is 10.0. The van der Waals surface area contributed by atoms with Gasteiger partial charge in [-0.2, -0.15) is 0 Å². The molecule has 0 radical (unpaired) electrons. The Balaban J connectivity index is 2.32. The molecule has 0 bridgehead atoms. The zero-order valence-electron chi connectivity index (χ0n) is 15.8. The third kappa shape index (κ3) is 3.54. The van der Waals surface area contributed by atoms with Gasteiger partial charge < -0.3 is 14.2 Å². The predicted octanol–water partition coefficient (Wildman–Crippen LogP) is 2.77. The molecule has 1 amide bonds. The molecule has 6 heteroatoms. The molecule has 0 aliphatic rings. The number of ketones is 1. The summed E-state index contributed by atoms with van der Waals surface area (Å²) < 4.78 is 6.47. The van der Waals surface area contributed by atoms with Crippen molar-refractivity contribution in [2.75, 3.05) is 20.2 Å². The molecule has 0 unspecified atom stereocenters. The first-order valence-electron chi connectivity index (χ1n) is 8.45. The second kappa shape index (κ2) is 7.99. The molecule has 1 heterocycles. The van der Waals surface area contributed by atoms with Crippen LogP contribution in [-0.2, 0) is 11.8 Å². The highest BCUT2D eigenvalue weighted by Crippen LogP contribution is 2.23. The highest BCUT2D eigenvalue weighted by Gasteiger charge is 2.27. The zero-order valence-corrected chi connectivity index (χ0v) is 15.8. The molecular weight excluding hydrogens is 332 g/mol. The Morgan fingerprint density at radius 3 is 2.27 bits per heavy atom. The molecule has 0 saturated heterocycles. The number of carbonyl (C=O) groups excluding carboxylic acids is 3. The Labute approximate surface area is 153 Å². The van der Waals surface area contributed by atoms with Crippen LogP contribution >= 0.6 is 0 Å². The number of likely N-dealkylation sites (N-methyl/N-ethyl adjacent to an activating group) is 1. The number of methoxy groups -OCH3 is 1.